The molecule has 1 aliphatic rings. The van der Waals surface area contributed by atoms with E-state index in [-0.39, 0.29) is 42.7 Å². The Morgan fingerprint density at radius 1 is 1.15 bits per heavy atom. The van der Waals surface area contributed by atoms with E-state index in [2.05, 4.69) is 14.7 Å². The van der Waals surface area contributed by atoms with Crippen LogP contribution in [0.15, 0.2) is 29.4 Å². The highest BCUT2D eigenvalue weighted by Gasteiger charge is 2.46. The van der Waals surface area contributed by atoms with E-state index < -0.39 is 26.2 Å². The fourth-order valence-corrected chi connectivity index (χ4v) is 6.46. The van der Waals surface area contributed by atoms with Crippen LogP contribution in [-0.4, -0.2) is 24.3 Å². The van der Waals surface area contributed by atoms with Gasteiger partial charge in [0, 0.05) is 10.6 Å². The minimum atomic E-state index is -4.33. The maximum absolute atomic E-state index is 14.9. The molecule has 2 aromatic heterocycles. The van der Waals surface area contributed by atoms with Crippen molar-refractivity contribution in [2.24, 2.45) is 0 Å². The number of thiazole rings is 1. The first-order chi connectivity index (χ1) is 15.3. The topological polar surface area (TPSA) is 92.3 Å². The Kier molecular flexibility index (Phi) is 6.30. The number of rotatable bonds is 5. The summed E-state index contributed by atoms with van der Waals surface area (Å²) in [7, 11) is -4.33. The molecule has 33 heavy (non-hydrogen) atoms. The van der Waals surface area contributed by atoms with Crippen LogP contribution in [-0.2, 0) is 26.8 Å². The molecular formula is C19H13Cl4FN4O3S2. The molecule has 174 valence electrons. The van der Waals surface area contributed by atoms with Crippen molar-refractivity contribution in [1.82, 2.24) is 9.97 Å². The largest absolute Gasteiger partial charge is 0.305 e. The SMILES string of the molecule is CC1(C)C(=O)N(Cc2cc(F)c(S(=O)(=O)Nc3ncc(Cl)s3)cc2Cl)c2cnc(Cl)c(Cl)c21. The second-order valence-corrected chi connectivity index (χ2v) is 12.0. The van der Waals surface area contributed by atoms with Gasteiger partial charge < -0.3 is 4.90 Å². The average molecular weight is 570 g/mol. The third kappa shape index (κ3) is 4.28. The summed E-state index contributed by atoms with van der Waals surface area (Å²) in [5, 5.41) is 0.137. The number of benzene rings is 1. The number of fused-ring (bicyclic) bond motifs is 1. The molecule has 3 heterocycles. The number of anilines is 2. The molecular weight excluding hydrogens is 557 g/mol. The Bertz CT molecular complexity index is 1410. The predicted octanol–water partition coefficient (Wildman–Crippen LogP) is 5.92. The van der Waals surface area contributed by atoms with Crippen molar-refractivity contribution < 1.29 is 17.6 Å². The number of nitrogens with one attached hydrogen (secondary N) is 1. The fraction of sp³-hybridized carbons (Fsp3) is 0.211. The lowest BCUT2D eigenvalue weighted by atomic mass is 9.87. The Morgan fingerprint density at radius 3 is 2.48 bits per heavy atom. The van der Waals surface area contributed by atoms with Gasteiger partial charge in [-0.3, -0.25) is 9.52 Å². The van der Waals surface area contributed by atoms with E-state index in [9.17, 15) is 17.6 Å². The molecule has 0 saturated carbocycles. The normalized spacial score (nSPS) is 15.1. The van der Waals surface area contributed by atoms with Crippen molar-refractivity contribution in [2.75, 3.05) is 9.62 Å². The molecule has 1 N–H and O–H groups in total. The maximum Gasteiger partial charge on any atom is 0.266 e. The third-order valence-electron chi connectivity index (χ3n) is 5.07. The molecule has 0 aliphatic carbocycles. The lowest BCUT2D eigenvalue weighted by Crippen LogP contribution is -2.36. The van der Waals surface area contributed by atoms with Crippen molar-refractivity contribution in [2.45, 2.75) is 30.7 Å². The Hall–Kier alpha value is -1.69. The van der Waals surface area contributed by atoms with Crippen LogP contribution < -0.4 is 9.62 Å². The minimum absolute atomic E-state index is 0.0239. The lowest BCUT2D eigenvalue weighted by Gasteiger charge is -2.21. The van der Waals surface area contributed by atoms with Gasteiger partial charge in [0.15, 0.2) is 5.13 Å². The van der Waals surface area contributed by atoms with Crippen molar-refractivity contribution >= 4 is 84.5 Å². The Labute approximate surface area is 212 Å². The van der Waals surface area contributed by atoms with Crippen LogP contribution in [0.4, 0.5) is 15.2 Å². The lowest BCUT2D eigenvalue weighted by molar-refractivity contribution is -0.122. The van der Waals surface area contributed by atoms with Crippen molar-refractivity contribution in [3.8, 4) is 0 Å². The van der Waals surface area contributed by atoms with Crippen LogP contribution in [0.5, 0.6) is 0 Å². The van der Waals surface area contributed by atoms with Crippen LogP contribution in [0, 0.1) is 5.82 Å². The third-order valence-corrected chi connectivity index (χ3v) is 8.69. The predicted molar refractivity (Wildman–Crippen MR) is 128 cm³/mol. The molecule has 0 atom stereocenters. The summed E-state index contributed by atoms with van der Waals surface area (Å²) in [4.78, 5) is 21.6. The van der Waals surface area contributed by atoms with E-state index in [1.807, 2.05) is 0 Å². The summed E-state index contributed by atoms with van der Waals surface area (Å²) in [6.45, 7) is 3.23. The van der Waals surface area contributed by atoms with E-state index in [0.717, 1.165) is 23.5 Å². The molecule has 0 fully saturated rings. The first-order valence-corrected chi connectivity index (χ1v) is 12.9. The van der Waals surface area contributed by atoms with Crippen LogP contribution >= 0.6 is 57.7 Å². The quantitative estimate of drug-likeness (QED) is 0.385. The number of aromatic nitrogens is 2. The van der Waals surface area contributed by atoms with Crippen LogP contribution in [0.3, 0.4) is 0 Å². The Balaban J connectivity index is 1.69. The molecule has 0 spiro atoms. The summed E-state index contributed by atoms with van der Waals surface area (Å²) in [5.74, 6) is -1.37. The summed E-state index contributed by atoms with van der Waals surface area (Å²) >= 11 is 25.3. The van der Waals surface area contributed by atoms with Crippen molar-refractivity contribution in [3.05, 3.63) is 61.0 Å². The molecule has 4 rings (SSSR count). The van der Waals surface area contributed by atoms with Crippen molar-refractivity contribution in [1.29, 1.82) is 0 Å². The molecule has 1 aromatic carbocycles. The second-order valence-electron chi connectivity index (χ2n) is 7.59. The first-order valence-electron chi connectivity index (χ1n) is 9.11. The van der Waals surface area contributed by atoms with Gasteiger partial charge in [0.1, 0.15) is 20.2 Å². The van der Waals surface area contributed by atoms with Crippen LogP contribution in [0.25, 0.3) is 0 Å². The molecule has 7 nitrogen and oxygen atoms in total. The smallest absolute Gasteiger partial charge is 0.266 e. The highest BCUT2D eigenvalue weighted by atomic mass is 35.5. The maximum atomic E-state index is 14.9. The molecule has 1 amide bonds. The molecule has 0 bridgehead atoms. The Morgan fingerprint density at radius 2 is 1.85 bits per heavy atom. The van der Waals surface area contributed by atoms with Crippen LogP contribution in [0.1, 0.15) is 25.0 Å². The minimum Gasteiger partial charge on any atom is -0.305 e. The number of hydrogen-bond acceptors (Lipinski definition) is 6. The summed E-state index contributed by atoms with van der Waals surface area (Å²) in [6, 6.07) is 1.94. The van der Waals surface area contributed by atoms with Gasteiger partial charge in [-0.05, 0) is 31.5 Å². The summed E-state index contributed by atoms with van der Waals surface area (Å²) in [5.41, 5.74) is 0.0891. The number of hydrogen-bond donors (Lipinski definition) is 1. The number of sulfonamides is 1. The zero-order chi connectivity index (χ0) is 24.3. The van der Waals surface area contributed by atoms with Gasteiger partial charge in [-0.25, -0.2) is 22.8 Å². The number of pyridine rings is 1. The average Bonchev–Trinajstić information content (AvgIpc) is 3.20. The number of amides is 1. The molecule has 1 aliphatic heterocycles. The van der Waals surface area contributed by atoms with Gasteiger partial charge >= 0.3 is 0 Å². The van der Waals surface area contributed by atoms with Gasteiger partial charge in [0.25, 0.3) is 10.0 Å². The van der Waals surface area contributed by atoms with Crippen molar-refractivity contribution in [3.63, 3.8) is 0 Å². The van der Waals surface area contributed by atoms with Crippen LogP contribution in [0.2, 0.25) is 19.5 Å². The molecule has 14 heteroatoms. The standard InChI is InChI=1S/C19H13Cl4FN4O3S2/c1-19(2)14-11(5-25-16(23)15(14)22)28(17(19)29)7-8-3-10(24)12(4-9(8)20)33(30,31)27-18-26-6-13(21)32-18/h3-6H,7H2,1-2H3,(H,26,27). The summed E-state index contributed by atoms with van der Waals surface area (Å²) < 4.78 is 42.6. The van der Waals surface area contributed by atoms with E-state index in [4.69, 9.17) is 46.4 Å². The molecule has 3 aromatic rings. The van der Waals surface area contributed by atoms with E-state index in [1.165, 1.54) is 17.3 Å². The highest BCUT2D eigenvalue weighted by Crippen LogP contribution is 2.47. The van der Waals surface area contributed by atoms with E-state index in [1.54, 1.807) is 13.8 Å². The molecule has 0 saturated heterocycles. The van der Waals surface area contributed by atoms with Gasteiger partial charge in [0.05, 0.1) is 35.1 Å². The highest BCUT2D eigenvalue weighted by molar-refractivity contribution is 7.93. The van der Waals surface area contributed by atoms with E-state index in [0.29, 0.717) is 11.3 Å². The number of nitrogens with zero attached hydrogens (tertiary/aromatic N) is 3. The van der Waals surface area contributed by atoms with Gasteiger partial charge in [-0.2, -0.15) is 0 Å². The number of halogens is 5. The molecule has 0 unspecified atom stereocenters. The zero-order valence-electron chi connectivity index (χ0n) is 16.8. The number of carbonyl (C=O) groups is 1. The van der Waals surface area contributed by atoms with Gasteiger partial charge in [-0.1, -0.05) is 57.7 Å². The molecule has 0 radical (unpaired) electrons. The summed E-state index contributed by atoms with van der Waals surface area (Å²) in [6.07, 6.45) is 2.67. The second kappa shape index (κ2) is 8.51. The van der Waals surface area contributed by atoms with Gasteiger partial charge in [0.2, 0.25) is 5.91 Å². The number of carbonyl (C=O) groups excluding carboxylic acids is 1. The zero-order valence-corrected chi connectivity index (χ0v) is 21.4. The van der Waals surface area contributed by atoms with Gasteiger partial charge in [-0.15, -0.1) is 0 Å². The first kappa shape index (κ1) is 24.4. The van der Waals surface area contributed by atoms with E-state index >= 15 is 0 Å². The fourth-order valence-electron chi connectivity index (χ4n) is 3.50. The monoisotopic (exact) mass is 568 g/mol.